The number of aromatic nitrogens is 1. The molecule has 2 aromatic rings. The molecule has 0 fully saturated rings. The lowest BCUT2D eigenvalue weighted by Gasteiger charge is -2.11. The van der Waals surface area contributed by atoms with Gasteiger partial charge in [-0.1, -0.05) is 6.07 Å². The van der Waals surface area contributed by atoms with Crippen LogP contribution in [0.5, 0.6) is 0 Å². The predicted molar refractivity (Wildman–Crippen MR) is 75.9 cm³/mol. The molecule has 1 aromatic heterocycles. The van der Waals surface area contributed by atoms with Crippen LogP contribution in [0.2, 0.25) is 0 Å². The van der Waals surface area contributed by atoms with Crippen LogP contribution < -0.4 is 5.32 Å². The molecule has 0 bridgehead atoms. The molecule has 0 aliphatic carbocycles. The van der Waals surface area contributed by atoms with Gasteiger partial charge < -0.3 is 10.2 Å². The Morgan fingerprint density at radius 2 is 1.95 bits per heavy atom. The van der Waals surface area contributed by atoms with E-state index in [9.17, 15) is 13.6 Å². The summed E-state index contributed by atoms with van der Waals surface area (Å²) < 4.78 is 25.9. The number of carbonyl (C=O) groups excluding carboxylic acids is 1. The third-order valence-electron chi connectivity index (χ3n) is 2.87. The summed E-state index contributed by atoms with van der Waals surface area (Å²) in [7, 11) is 3.29. The van der Waals surface area contributed by atoms with Crippen LogP contribution in [0.1, 0.15) is 16.1 Å². The fraction of sp³-hybridized carbons (Fsp3) is 0.200. The van der Waals surface area contributed by atoms with Crippen LogP contribution in [0.15, 0.2) is 36.5 Å². The minimum Gasteiger partial charge on any atom is -0.381 e. The highest BCUT2D eigenvalue weighted by Crippen LogP contribution is 2.13. The van der Waals surface area contributed by atoms with Gasteiger partial charge in [-0.3, -0.25) is 9.78 Å². The molecule has 2 rings (SSSR count). The van der Waals surface area contributed by atoms with Gasteiger partial charge >= 0.3 is 0 Å². The summed E-state index contributed by atoms with van der Waals surface area (Å²) in [6, 6.07) is 7.03. The van der Waals surface area contributed by atoms with Gasteiger partial charge in [0.1, 0.15) is 5.69 Å². The number of pyridine rings is 1. The van der Waals surface area contributed by atoms with E-state index in [4.69, 9.17) is 0 Å². The Morgan fingerprint density at radius 1 is 1.19 bits per heavy atom. The number of rotatable bonds is 4. The molecule has 21 heavy (non-hydrogen) atoms. The normalized spacial score (nSPS) is 10.3. The molecule has 0 radical (unpaired) electrons. The highest BCUT2D eigenvalue weighted by Gasteiger charge is 2.10. The van der Waals surface area contributed by atoms with E-state index < -0.39 is 11.6 Å². The molecule has 1 aromatic carbocycles. The van der Waals surface area contributed by atoms with Crippen molar-refractivity contribution >= 4 is 11.6 Å². The number of halogens is 2. The Morgan fingerprint density at radius 3 is 2.62 bits per heavy atom. The fourth-order valence-electron chi connectivity index (χ4n) is 1.74. The van der Waals surface area contributed by atoms with E-state index in [1.54, 1.807) is 26.2 Å². The van der Waals surface area contributed by atoms with Gasteiger partial charge in [-0.2, -0.15) is 0 Å². The third-order valence-corrected chi connectivity index (χ3v) is 2.87. The number of nitrogens with one attached hydrogen (secondary N) is 1. The first-order valence-electron chi connectivity index (χ1n) is 6.33. The summed E-state index contributed by atoms with van der Waals surface area (Å²) in [6.07, 6.45) is 1.52. The number of carbonyl (C=O) groups is 1. The Labute approximate surface area is 121 Å². The molecule has 1 amide bonds. The molecule has 0 unspecified atom stereocenters. The molecule has 0 atom stereocenters. The average molecular weight is 291 g/mol. The SMILES string of the molecule is CN(C)C(=O)c1cc(NCc2ccc(F)c(F)c2)ccn1. The quantitative estimate of drug-likeness (QED) is 0.942. The molecular formula is C15H15F2N3O. The minimum atomic E-state index is -0.882. The lowest BCUT2D eigenvalue weighted by atomic mass is 10.2. The van der Waals surface area contributed by atoms with E-state index in [1.165, 1.54) is 17.2 Å². The lowest BCUT2D eigenvalue weighted by Crippen LogP contribution is -2.22. The number of anilines is 1. The van der Waals surface area contributed by atoms with Crippen LogP contribution in [0.25, 0.3) is 0 Å². The smallest absolute Gasteiger partial charge is 0.272 e. The largest absolute Gasteiger partial charge is 0.381 e. The maximum Gasteiger partial charge on any atom is 0.272 e. The van der Waals surface area contributed by atoms with E-state index in [1.807, 2.05) is 0 Å². The average Bonchev–Trinajstić information content (AvgIpc) is 2.48. The van der Waals surface area contributed by atoms with Gasteiger partial charge in [0.15, 0.2) is 11.6 Å². The number of hydrogen-bond acceptors (Lipinski definition) is 3. The van der Waals surface area contributed by atoms with E-state index in [-0.39, 0.29) is 5.91 Å². The van der Waals surface area contributed by atoms with Gasteiger partial charge in [-0.05, 0) is 29.8 Å². The van der Waals surface area contributed by atoms with Crippen molar-refractivity contribution in [3.8, 4) is 0 Å². The monoisotopic (exact) mass is 291 g/mol. The Balaban J connectivity index is 2.08. The second-order valence-corrected chi connectivity index (χ2v) is 4.73. The van der Waals surface area contributed by atoms with Gasteiger partial charge in [-0.15, -0.1) is 0 Å². The summed E-state index contributed by atoms with van der Waals surface area (Å²) in [5.74, 6) is -1.96. The standard InChI is InChI=1S/C15H15F2N3O/c1-20(2)15(21)14-8-11(5-6-18-14)19-9-10-3-4-12(16)13(17)7-10/h3-8H,9H2,1-2H3,(H,18,19). The molecule has 110 valence electrons. The van der Waals surface area contributed by atoms with Crippen LogP contribution in [0, 0.1) is 11.6 Å². The van der Waals surface area contributed by atoms with Crippen molar-refractivity contribution in [1.29, 1.82) is 0 Å². The van der Waals surface area contributed by atoms with Gasteiger partial charge in [0.05, 0.1) is 0 Å². The minimum absolute atomic E-state index is 0.202. The van der Waals surface area contributed by atoms with Gasteiger partial charge in [-0.25, -0.2) is 8.78 Å². The number of hydrogen-bond donors (Lipinski definition) is 1. The summed E-state index contributed by atoms with van der Waals surface area (Å²) in [5.41, 5.74) is 1.60. The Bertz CT molecular complexity index is 659. The summed E-state index contributed by atoms with van der Waals surface area (Å²) in [4.78, 5) is 17.2. The first kappa shape index (κ1) is 14.9. The van der Waals surface area contributed by atoms with Crippen molar-refractivity contribution in [3.05, 3.63) is 59.4 Å². The zero-order valence-corrected chi connectivity index (χ0v) is 11.7. The Kier molecular flexibility index (Phi) is 4.47. The van der Waals surface area contributed by atoms with Crippen molar-refractivity contribution in [2.45, 2.75) is 6.54 Å². The van der Waals surface area contributed by atoms with Gasteiger partial charge in [0, 0.05) is 32.5 Å². The lowest BCUT2D eigenvalue weighted by molar-refractivity contribution is 0.0822. The maximum atomic E-state index is 13.1. The molecule has 1 N–H and O–H groups in total. The second-order valence-electron chi connectivity index (χ2n) is 4.73. The molecule has 0 saturated heterocycles. The highest BCUT2D eigenvalue weighted by molar-refractivity contribution is 5.92. The van der Waals surface area contributed by atoms with Crippen molar-refractivity contribution in [2.75, 3.05) is 19.4 Å². The first-order chi connectivity index (χ1) is 9.97. The molecular weight excluding hydrogens is 276 g/mol. The predicted octanol–water partition coefficient (Wildman–Crippen LogP) is 2.67. The van der Waals surface area contributed by atoms with Crippen molar-refractivity contribution in [1.82, 2.24) is 9.88 Å². The van der Waals surface area contributed by atoms with E-state index >= 15 is 0 Å². The second kappa shape index (κ2) is 6.30. The number of benzene rings is 1. The third kappa shape index (κ3) is 3.75. The first-order valence-corrected chi connectivity index (χ1v) is 6.33. The molecule has 0 spiro atoms. The van der Waals surface area contributed by atoms with Crippen molar-refractivity contribution in [3.63, 3.8) is 0 Å². The maximum absolute atomic E-state index is 13.1. The topological polar surface area (TPSA) is 45.2 Å². The molecule has 4 nitrogen and oxygen atoms in total. The van der Waals surface area contributed by atoms with Crippen LogP contribution in [-0.4, -0.2) is 29.9 Å². The van der Waals surface area contributed by atoms with Gasteiger partial charge in [0.25, 0.3) is 5.91 Å². The van der Waals surface area contributed by atoms with Gasteiger partial charge in [0.2, 0.25) is 0 Å². The summed E-state index contributed by atoms with van der Waals surface area (Å²) >= 11 is 0. The van der Waals surface area contributed by atoms with Crippen LogP contribution in [0.3, 0.4) is 0 Å². The van der Waals surface area contributed by atoms with Crippen LogP contribution >= 0.6 is 0 Å². The molecule has 0 saturated carbocycles. The van der Waals surface area contributed by atoms with E-state index in [0.717, 1.165) is 12.1 Å². The van der Waals surface area contributed by atoms with Crippen LogP contribution in [-0.2, 0) is 6.54 Å². The van der Waals surface area contributed by atoms with Crippen molar-refractivity contribution in [2.24, 2.45) is 0 Å². The number of amides is 1. The zero-order chi connectivity index (χ0) is 15.4. The Hall–Kier alpha value is -2.50. The van der Waals surface area contributed by atoms with Crippen molar-refractivity contribution < 1.29 is 13.6 Å². The summed E-state index contributed by atoms with van der Waals surface area (Å²) in [5, 5.41) is 3.04. The zero-order valence-electron chi connectivity index (χ0n) is 11.7. The molecule has 6 heteroatoms. The van der Waals surface area contributed by atoms with Crippen LogP contribution in [0.4, 0.5) is 14.5 Å². The fourth-order valence-corrected chi connectivity index (χ4v) is 1.74. The molecule has 1 heterocycles. The van der Waals surface area contributed by atoms with E-state index in [2.05, 4.69) is 10.3 Å². The molecule has 0 aliphatic rings. The highest BCUT2D eigenvalue weighted by atomic mass is 19.2. The van der Waals surface area contributed by atoms with E-state index in [0.29, 0.717) is 23.5 Å². The number of nitrogens with zero attached hydrogens (tertiary/aromatic N) is 2. The molecule has 0 aliphatic heterocycles. The summed E-state index contributed by atoms with van der Waals surface area (Å²) in [6.45, 7) is 0.316.